The van der Waals surface area contributed by atoms with Crippen molar-refractivity contribution in [2.45, 2.75) is 12.6 Å². The number of carbonyl (C=O) groups excluding carboxylic acids is 1. The number of pyridine rings is 1. The Bertz CT molecular complexity index is 870. The topological polar surface area (TPSA) is 100 Å². The van der Waals surface area contributed by atoms with E-state index in [1.165, 1.54) is 18.2 Å². The molecular weight excluding hydrogens is 339 g/mol. The van der Waals surface area contributed by atoms with E-state index in [4.69, 9.17) is 4.74 Å². The number of aliphatic hydroxyl groups excluding tert-OH is 1. The maximum Gasteiger partial charge on any atom is 0.272 e. The van der Waals surface area contributed by atoms with Gasteiger partial charge in [0.1, 0.15) is 12.3 Å². The number of carbonyl (C=O) groups is 1. The van der Waals surface area contributed by atoms with Crippen molar-refractivity contribution in [1.82, 2.24) is 20.5 Å². The smallest absolute Gasteiger partial charge is 0.272 e. The highest BCUT2D eigenvalue weighted by atomic mass is 19.1. The molecular formula is C18H17FN4O3. The van der Waals surface area contributed by atoms with Crippen molar-refractivity contribution in [3.63, 3.8) is 0 Å². The van der Waals surface area contributed by atoms with Crippen molar-refractivity contribution < 1.29 is 19.0 Å². The van der Waals surface area contributed by atoms with Gasteiger partial charge < -0.3 is 15.2 Å². The molecule has 1 aromatic carbocycles. The number of nitrogens with one attached hydrogen (secondary N) is 2. The van der Waals surface area contributed by atoms with Gasteiger partial charge in [0.2, 0.25) is 0 Å². The van der Waals surface area contributed by atoms with Gasteiger partial charge in [-0.2, -0.15) is 5.10 Å². The first-order valence-corrected chi connectivity index (χ1v) is 7.90. The lowest BCUT2D eigenvalue weighted by molar-refractivity contribution is 0.0911. The quantitative estimate of drug-likeness (QED) is 0.601. The number of benzene rings is 1. The summed E-state index contributed by atoms with van der Waals surface area (Å²) in [6.07, 6.45) is 3.18. The second kappa shape index (κ2) is 8.21. The third kappa shape index (κ3) is 4.22. The molecule has 3 aromatic rings. The van der Waals surface area contributed by atoms with E-state index in [0.29, 0.717) is 11.3 Å². The van der Waals surface area contributed by atoms with Gasteiger partial charge in [0.15, 0.2) is 11.6 Å². The third-order valence-electron chi connectivity index (χ3n) is 3.66. The number of aliphatic hydroxyl groups is 1. The molecule has 0 aliphatic carbocycles. The SMILES string of the molecule is O=C(NC(CO)c1cccnc1)c1cc(COc2ccccc2F)[nH]n1. The lowest BCUT2D eigenvalue weighted by Crippen LogP contribution is -2.31. The molecule has 0 saturated heterocycles. The second-order valence-electron chi connectivity index (χ2n) is 5.49. The number of nitrogens with zero attached hydrogens (tertiary/aromatic N) is 2. The van der Waals surface area contributed by atoms with Crippen LogP contribution in [0, 0.1) is 5.82 Å². The van der Waals surface area contributed by atoms with Gasteiger partial charge in [0, 0.05) is 12.4 Å². The molecule has 3 N–H and O–H groups in total. The number of aromatic amines is 1. The molecule has 0 fully saturated rings. The van der Waals surface area contributed by atoms with Gasteiger partial charge >= 0.3 is 0 Å². The van der Waals surface area contributed by atoms with Gasteiger partial charge in [0.25, 0.3) is 5.91 Å². The van der Waals surface area contributed by atoms with E-state index in [-0.39, 0.29) is 24.7 Å². The van der Waals surface area contributed by atoms with Gasteiger partial charge in [-0.1, -0.05) is 18.2 Å². The van der Waals surface area contributed by atoms with Crippen LogP contribution in [0.25, 0.3) is 0 Å². The van der Waals surface area contributed by atoms with Crippen LogP contribution in [0.1, 0.15) is 27.8 Å². The van der Waals surface area contributed by atoms with Crippen LogP contribution in [0.2, 0.25) is 0 Å². The van der Waals surface area contributed by atoms with Crippen molar-refractivity contribution in [2.24, 2.45) is 0 Å². The Hall–Kier alpha value is -3.26. The monoisotopic (exact) mass is 356 g/mol. The van der Waals surface area contributed by atoms with Crippen molar-refractivity contribution in [1.29, 1.82) is 0 Å². The van der Waals surface area contributed by atoms with Crippen LogP contribution in [-0.2, 0) is 6.61 Å². The highest BCUT2D eigenvalue weighted by Gasteiger charge is 2.17. The molecule has 0 saturated carbocycles. The number of ether oxygens (including phenoxy) is 1. The Morgan fingerprint density at radius 3 is 2.88 bits per heavy atom. The van der Waals surface area contributed by atoms with Crippen LogP contribution in [-0.4, -0.2) is 32.8 Å². The third-order valence-corrected chi connectivity index (χ3v) is 3.66. The van der Waals surface area contributed by atoms with Gasteiger partial charge in [-0.25, -0.2) is 4.39 Å². The molecule has 0 aliphatic heterocycles. The van der Waals surface area contributed by atoms with E-state index in [1.54, 1.807) is 36.7 Å². The maximum atomic E-state index is 13.5. The summed E-state index contributed by atoms with van der Waals surface area (Å²) in [5, 5.41) is 18.8. The minimum Gasteiger partial charge on any atom is -0.484 e. The second-order valence-corrected chi connectivity index (χ2v) is 5.49. The summed E-state index contributed by atoms with van der Waals surface area (Å²) in [6.45, 7) is -0.238. The van der Waals surface area contributed by atoms with E-state index >= 15 is 0 Å². The molecule has 0 aliphatic rings. The minimum atomic E-state index is -0.592. The molecule has 1 atom stereocenters. The molecule has 2 heterocycles. The summed E-state index contributed by atoms with van der Waals surface area (Å²) in [5.41, 5.74) is 1.33. The Morgan fingerprint density at radius 1 is 1.31 bits per heavy atom. The first-order chi connectivity index (χ1) is 12.7. The van der Waals surface area contributed by atoms with Crippen LogP contribution < -0.4 is 10.1 Å². The normalized spacial score (nSPS) is 11.8. The van der Waals surface area contributed by atoms with E-state index in [1.807, 2.05) is 0 Å². The first kappa shape index (κ1) is 17.6. The number of para-hydroxylation sites is 1. The molecule has 0 bridgehead atoms. The average molecular weight is 356 g/mol. The van der Waals surface area contributed by atoms with E-state index in [9.17, 15) is 14.3 Å². The van der Waals surface area contributed by atoms with Gasteiger partial charge in [-0.15, -0.1) is 0 Å². The van der Waals surface area contributed by atoms with Gasteiger partial charge in [-0.05, 0) is 29.8 Å². The number of amides is 1. The fourth-order valence-electron chi connectivity index (χ4n) is 2.32. The highest BCUT2D eigenvalue weighted by molar-refractivity contribution is 5.92. The number of hydrogen-bond donors (Lipinski definition) is 3. The molecule has 26 heavy (non-hydrogen) atoms. The largest absolute Gasteiger partial charge is 0.484 e. The van der Waals surface area contributed by atoms with Crippen molar-refractivity contribution in [2.75, 3.05) is 6.61 Å². The molecule has 134 valence electrons. The summed E-state index contributed by atoms with van der Waals surface area (Å²) in [6, 6.07) is 10.4. The van der Waals surface area contributed by atoms with E-state index in [0.717, 1.165) is 0 Å². The number of halogens is 1. The lowest BCUT2D eigenvalue weighted by Gasteiger charge is -2.15. The number of rotatable bonds is 7. The minimum absolute atomic E-state index is 0.0350. The van der Waals surface area contributed by atoms with Crippen LogP contribution >= 0.6 is 0 Å². The summed E-state index contributed by atoms with van der Waals surface area (Å²) in [4.78, 5) is 16.3. The first-order valence-electron chi connectivity index (χ1n) is 7.90. The number of aromatic nitrogens is 3. The Morgan fingerprint density at radius 2 is 2.15 bits per heavy atom. The lowest BCUT2D eigenvalue weighted by atomic mass is 10.1. The van der Waals surface area contributed by atoms with Crippen molar-refractivity contribution in [3.8, 4) is 5.75 Å². The van der Waals surface area contributed by atoms with Gasteiger partial charge in [0.05, 0.1) is 18.3 Å². The molecule has 0 spiro atoms. The zero-order valence-corrected chi connectivity index (χ0v) is 13.7. The maximum absolute atomic E-state index is 13.5. The zero-order chi connectivity index (χ0) is 18.4. The zero-order valence-electron chi connectivity index (χ0n) is 13.7. The fourth-order valence-corrected chi connectivity index (χ4v) is 2.32. The predicted octanol–water partition coefficient (Wildman–Crippen LogP) is 1.99. The average Bonchev–Trinajstić information content (AvgIpc) is 3.15. The Balaban J connectivity index is 1.61. The van der Waals surface area contributed by atoms with E-state index < -0.39 is 17.8 Å². The van der Waals surface area contributed by atoms with Crippen LogP contribution in [0.15, 0.2) is 54.9 Å². The van der Waals surface area contributed by atoms with Crippen molar-refractivity contribution >= 4 is 5.91 Å². The van der Waals surface area contributed by atoms with Crippen LogP contribution in [0.3, 0.4) is 0 Å². The molecule has 1 amide bonds. The summed E-state index contributed by atoms with van der Waals surface area (Å²) < 4.78 is 18.9. The summed E-state index contributed by atoms with van der Waals surface area (Å²) >= 11 is 0. The summed E-state index contributed by atoms with van der Waals surface area (Å²) in [7, 11) is 0. The Kier molecular flexibility index (Phi) is 5.55. The Labute approximate surface area is 148 Å². The highest BCUT2D eigenvalue weighted by Crippen LogP contribution is 2.17. The molecule has 7 nitrogen and oxygen atoms in total. The van der Waals surface area contributed by atoms with Crippen molar-refractivity contribution in [3.05, 3.63) is 77.6 Å². The number of hydrogen-bond acceptors (Lipinski definition) is 5. The standard InChI is InChI=1S/C18H17FN4O3/c19-14-5-1-2-6-17(14)26-11-13-8-15(23-22-13)18(25)21-16(10-24)12-4-3-7-20-9-12/h1-9,16,24H,10-11H2,(H,21,25)(H,22,23). The van der Waals surface area contributed by atoms with E-state index in [2.05, 4.69) is 20.5 Å². The molecule has 8 heteroatoms. The molecule has 0 radical (unpaired) electrons. The molecule has 3 rings (SSSR count). The molecule has 1 unspecified atom stereocenters. The molecule has 2 aromatic heterocycles. The van der Waals surface area contributed by atoms with Crippen LogP contribution in [0.4, 0.5) is 4.39 Å². The fraction of sp³-hybridized carbons (Fsp3) is 0.167. The van der Waals surface area contributed by atoms with Crippen LogP contribution in [0.5, 0.6) is 5.75 Å². The number of H-pyrrole nitrogens is 1. The van der Waals surface area contributed by atoms with Gasteiger partial charge in [-0.3, -0.25) is 14.9 Å². The summed E-state index contributed by atoms with van der Waals surface area (Å²) in [5.74, 6) is -0.807. The predicted molar refractivity (Wildman–Crippen MR) is 90.8 cm³/mol.